The van der Waals surface area contributed by atoms with E-state index in [4.69, 9.17) is 14.2 Å². The second-order valence-electron chi connectivity index (χ2n) is 5.72. The van der Waals surface area contributed by atoms with Crippen LogP contribution in [0.15, 0.2) is 12.1 Å². The van der Waals surface area contributed by atoms with Crippen LogP contribution in [0.3, 0.4) is 0 Å². The van der Waals surface area contributed by atoms with Crippen LogP contribution in [-0.2, 0) is 11.2 Å². The highest BCUT2D eigenvalue weighted by Gasteiger charge is 2.17. The molecule has 1 amide bonds. The molecule has 2 aromatic rings. The number of ether oxygens (including phenoxy) is 3. The number of nitrogens with one attached hydrogen (secondary N) is 1. The molecule has 0 bridgehead atoms. The molecule has 0 spiro atoms. The fraction of sp³-hybridized carbons (Fsp3) is 0.500. The van der Waals surface area contributed by atoms with Gasteiger partial charge in [0, 0.05) is 5.92 Å². The quantitative estimate of drug-likeness (QED) is 0.716. The van der Waals surface area contributed by atoms with E-state index in [0.717, 1.165) is 23.4 Å². The van der Waals surface area contributed by atoms with Gasteiger partial charge in [0.1, 0.15) is 5.01 Å². The fourth-order valence-corrected chi connectivity index (χ4v) is 3.70. The highest BCUT2D eigenvalue weighted by atomic mass is 32.1. The summed E-state index contributed by atoms with van der Waals surface area (Å²) in [6.07, 6.45) is 2.17. The van der Waals surface area contributed by atoms with Gasteiger partial charge < -0.3 is 19.5 Å². The lowest BCUT2D eigenvalue weighted by Gasteiger charge is -2.13. The first-order valence-electron chi connectivity index (χ1n) is 8.48. The highest BCUT2D eigenvalue weighted by Crippen LogP contribution is 2.38. The van der Waals surface area contributed by atoms with Crippen molar-refractivity contribution in [3.8, 4) is 17.2 Å². The molecule has 2 rings (SSSR count). The van der Waals surface area contributed by atoms with E-state index in [1.807, 2.05) is 0 Å². The molecule has 0 saturated carbocycles. The number of hydrogen-bond acceptors (Lipinski definition) is 7. The summed E-state index contributed by atoms with van der Waals surface area (Å²) in [6.45, 7) is 4.25. The van der Waals surface area contributed by atoms with Crippen LogP contribution in [0.25, 0.3) is 0 Å². The molecule has 0 aliphatic carbocycles. The van der Waals surface area contributed by atoms with E-state index in [-0.39, 0.29) is 12.3 Å². The Kier molecular flexibility index (Phi) is 7.20. The number of rotatable bonds is 9. The van der Waals surface area contributed by atoms with E-state index in [2.05, 4.69) is 29.4 Å². The van der Waals surface area contributed by atoms with Crippen LogP contribution < -0.4 is 19.5 Å². The predicted molar refractivity (Wildman–Crippen MR) is 102 cm³/mol. The average molecular weight is 379 g/mol. The van der Waals surface area contributed by atoms with Gasteiger partial charge in [-0.05, 0) is 30.5 Å². The van der Waals surface area contributed by atoms with Crippen molar-refractivity contribution in [3.05, 3.63) is 22.7 Å². The van der Waals surface area contributed by atoms with Gasteiger partial charge in [0.2, 0.25) is 16.8 Å². The van der Waals surface area contributed by atoms with Crippen molar-refractivity contribution < 1.29 is 19.0 Å². The predicted octanol–water partition coefficient (Wildman–Crippen LogP) is 3.65. The Bertz CT molecular complexity index is 719. The normalized spacial score (nSPS) is 10.7. The standard InChI is InChI=1S/C18H25N3O4S/c1-6-12(7-2)17-20-21-18(26-17)19-15(22)10-11-8-13(23-3)16(25-5)14(9-11)24-4/h8-9,12H,6-7,10H2,1-5H3,(H,19,21,22). The molecule has 0 radical (unpaired) electrons. The van der Waals surface area contributed by atoms with Crippen LogP contribution in [0.1, 0.15) is 43.2 Å². The number of aromatic nitrogens is 2. The van der Waals surface area contributed by atoms with Gasteiger partial charge in [0.05, 0.1) is 27.8 Å². The lowest BCUT2D eigenvalue weighted by Crippen LogP contribution is -2.14. The van der Waals surface area contributed by atoms with E-state index >= 15 is 0 Å². The van der Waals surface area contributed by atoms with Crippen LogP contribution in [0.2, 0.25) is 0 Å². The van der Waals surface area contributed by atoms with Gasteiger partial charge in [-0.2, -0.15) is 0 Å². The van der Waals surface area contributed by atoms with Crippen molar-refractivity contribution in [2.45, 2.75) is 39.0 Å². The Labute approximate surface area is 157 Å². The molecule has 0 unspecified atom stereocenters. The number of amides is 1. The molecule has 0 atom stereocenters. The molecule has 1 heterocycles. The highest BCUT2D eigenvalue weighted by molar-refractivity contribution is 7.15. The lowest BCUT2D eigenvalue weighted by atomic mass is 10.1. The third-order valence-electron chi connectivity index (χ3n) is 4.11. The van der Waals surface area contributed by atoms with Crippen LogP contribution in [0.5, 0.6) is 17.2 Å². The number of nitrogens with zero attached hydrogens (tertiary/aromatic N) is 2. The summed E-state index contributed by atoms with van der Waals surface area (Å²) in [4.78, 5) is 12.4. The van der Waals surface area contributed by atoms with Gasteiger partial charge in [-0.15, -0.1) is 10.2 Å². The SMILES string of the molecule is CCC(CC)c1nnc(NC(=O)Cc2cc(OC)c(OC)c(OC)c2)s1. The van der Waals surface area contributed by atoms with Crippen molar-refractivity contribution >= 4 is 22.4 Å². The summed E-state index contributed by atoms with van der Waals surface area (Å²) in [5.41, 5.74) is 0.752. The molecular weight excluding hydrogens is 354 g/mol. The van der Waals surface area contributed by atoms with Crippen molar-refractivity contribution in [1.82, 2.24) is 10.2 Å². The zero-order chi connectivity index (χ0) is 19.1. The molecule has 26 heavy (non-hydrogen) atoms. The minimum Gasteiger partial charge on any atom is -0.493 e. The molecular formula is C18H25N3O4S. The van der Waals surface area contributed by atoms with E-state index in [1.165, 1.54) is 11.3 Å². The molecule has 0 aliphatic heterocycles. The number of hydrogen-bond donors (Lipinski definition) is 1. The Balaban J connectivity index is 2.10. The Morgan fingerprint density at radius 3 is 2.19 bits per heavy atom. The van der Waals surface area contributed by atoms with E-state index in [0.29, 0.717) is 28.3 Å². The van der Waals surface area contributed by atoms with Crippen LogP contribution >= 0.6 is 11.3 Å². The summed E-state index contributed by atoms with van der Waals surface area (Å²) < 4.78 is 15.9. The fourth-order valence-electron chi connectivity index (χ4n) is 2.67. The van der Waals surface area contributed by atoms with Gasteiger partial charge in [-0.3, -0.25) is 4.79 Å². The minimum atomic E-state index is -0.175. The maximum atomic E-state index is 12.4. The second kappa shape index (κ2) is 9.38. The van der Waals surface area contributed by atoms with Crippen molar-refractivity contribution in [2.75, 3.05) is 26.6 Å². The first-order chi connectivity index (χ1) is 12.6. The number of carbonyl (C=O) groups excluding carboxylic acids is 1. The van der Waals surface area contributed by atoms with Gasteiger partial charge in [0.15, 0.2) is 11.5 Å². The third-order valence-corrected chi connectivity index (χ3v) is 5.11. The summed E-state index contributed by atoms with van der Waals surface area (Å²) in [5.74, 6) is 1.74. The topological polar surface area (TPSA) is 82.6 Å². The number of anilines is 1. The van der Waals surface area contributed by atoms with Gasteiger partial charge >= 0.3 is 0 Å². The second-order valence-corrected chi connectivity index (χ2v) is 6.73. The molecule has 1 N–H and O–H groups in total. The van der Waals surface area contributed by atoms with E-state index < -0.39 is 0 Å². The van der Waals surface area contributed by atoms with Crippen LogP contribution in [0.4, 0.5) is 5.13 Å². The molecule has 0 fully saturated rings. The number of methoxy groups -OCH3 is 3. The average Bonchev–Trinajstić information content (AvgIpc) is 3.09. The molecule has 1 aromatic carbocycles. The molecule has 7 nitrogen and oxygen atoms in total. The largest absolute Gasteiger partial charge is 0.493 e. The summed E-state index contributed by atoms with van der Waals surface area (Å²) in [6, 6.07) is 3.52. The first-order valence-corrected chi connectivity index (χ1v) is 9.29. The minimum absolute atomic E-state index is 0.163. The smallest absolute Gasteiger partial charge is 0.230 e. The van der Waals surface area contributed by atoms with Crippen LogP contribution in [-0.4, -0.2) is 37.4 Å². The summed E-state index contributed by atoms with van der Waals surface area (Å²) in [7, 11) is 4.63. The summed E-state index contributed by atoms with van der Waals surface area (Å²) >= 11 is 1.43. The zero-order valence-electron chi connectivity index (χ0n) is 15.8. The monoisotopic (exact) mass is 379 g/mol. The Morgan fingerprint density at radius 2 is 1.69 bits per heavy atom. The van der Waals surface area contributed by atoms with Gasteiger partial charge in [0.25, 0.3) is 0 Å². The molecule has 0 saturated heterocycles. The molecule has 1 aromatic heterocycles. The van der Waals surface area contributed by atoms with Gasteiger partial charge in [-0.1, -0.05) is 25.2 Å². The van der Waals surface area contributed by atoms with Crippen LogP contribution in [0, 0.1) is 0 Å². The summed E-state index contributed by atoms with van der Waals surface area (Å²) in [5, 5.41) is 12.6. The number of carbonyl (C=O) groups is 1. The maximum absolute atomic E-state index is 12.4. The van der Waals surface area contributed by atoms with Crippen molar-refractivity contribution in [2.24, 2.45) is 0 Å². The van der Waals surface area contributed by atoms with Crippen molar-refractivity contribution in [1.29, 1.82) is 0 Å². The van der Waals surface area contributed by atoms with Gasteiger partial charge in [-0.25, -0.2) is 0 Å². The lowest BCUT2D eigenvalue weighted by molar-refractivity contribution is -0.115. The molecule has 142 valence electrons. The number of benzene rings is 1. The maximum Gasteiger partial charge on any atom is 0.230 e. The van der Waals surface area contributed by atoms with Crippen molar-refractivity contribution in [3.63, 3.8) is 0 Å². The Morgan fingerprint density at radius 1 is 1.08 bits per heavy atom. The third kappa shape index (κ3) is 4.63. The molecule has 8 heteroatoms. The van der Waals surface area contributed by atoms with E-state index in [1.54, 1.807) is 33.5 Å². The zero-order valence-corrected chi connectivity index (χ0v) is 16.6. The first kappa shape index (κ1) is 20.0. The van der Waals surface area contributed by atoms with E-state index in [9.17, 15) is 4.79 Å². The Hall–Kier alpha value is -2.35. The molecule has 0 aliphatic rings.